The van der Waals surface area contributed by atoms with E-state index in [2.05, 4.69) is 32.5 Å². The predicted octanol–water partition coefficient (Wildman–Crippen LogP) is 4.86. The van der Waals surface area contributed by atoms with Crippen molar-refractivity contribution in [2.45, 2.75) is 30.4 Å². The Morgan fingerprint density at radius 1 is 1.22 bits per heavy atom. The van der Waals surface area contributed by atoms with Gasteiger partial charge in [0.25, 0.3) is 5.91 Å². The van der Waals surface area contributed by atoms with Gasteiger partial charge >= 0.3 is 0 Å². The standard InChI is InChI=1S/C26H22BrClN4O4S/c27-23-14-18(7-12-25(23)36-17-20-5-2-1-4-19(20)15-29)16-30-31-26(33)24-6-3-13-32(24)37(34,35)22-10-8-21(28)9-11-22/h1-2,4-5,7-12,14,16,24H,3,6,13,17H2,(H,31,33)/b30-16-/t24-/m0/s1. The van der Waals surface area contributed by atoms with Gasteiger partial charge in [-0.05, 0) is 82.9 Å². The Labute approximate surface area is 228 Å². The molecule has 11 heteroatoms. The fourth-order valence-electron chi connectivity index (χ4n) is 3.90. The second kappa shape index (κ2) is 11.9. The van der Waals surface area contributed by atoms with E-state index in [4.69, 9.17) is 16.3 Å². The highest BCUT2D eigenvalue weighted by atomic mass is 79.9. The van der Waals surface area contributed by atoms with E-state index in [0.717, 1.165) is 5.56 Å². The number of benzene rings is 3. The normalized spacial score (nSPS) is 16.0. The van der Waals surface area contributed by atoms with Gasteiger partial charge in [0.05, 0.1) is 27.2 Å². The molecule has 3 aromatic rings. The fourth-order valence-corrected chi connectivity index (χ4v) is 6.20. The molecule has 4 rings (SSSR count). The van der Waals surface area contributed by atoms with Crippen molar-refractivity contribution in [1.82, 2.24) is 9.73 Å². The number of halogens is 2. The van der Waals surface area contributed by atoms with Crippen molar-refractivity contribution in [3.8, 4) is 11.8 Å². The molecule has 1 heterocycles. The summed E-state index contributed by atoms with van der Waals surface area (Å²) in [7, 11) is -3.84. The molecule has 1 saturated heterocycles. The van der Waals surface area contributed by atoms with Gasteiger partial charge in [0.2, 0.25) is 10.0 Å². The Morgan fingerprint density at radius 3 is 2.70 bits per heavy atom. The lowest BCUT2D eigenvalue weighted by Crippen LogP contribution is -2.44. The molecule has 0 saturated carbocycles. The molecule has 8 nitrogen and oxygen atoms in total. The number of carbonyl (C=O) groups excluding carboxylic acids is 1. The number of amides is 1. The van der Waals surface area contributed by atoms with Crippen LogP contribution >= 0.6 is 27.5 Å². The number of rotatable bonds is 8. The van der Waals surface area contributed by atoms with Gasteiger partial charge in [0.15, 0.2) is 0 Å². The van der Waals surface area contributed by atoms with E-state index in [0.29, 0.717) is 39.2 Å². The average molecular weight is 602 g/mol. The monoisotopic (exact) mass is 600 g/mol. The molecule has 0 radical (unpaired) electrons. The summed E-state index contributed by atoms with van der Waals surface area (Å²) in [6, 6.07) is 19.7. The molecule has 1 amide bonds. The van der Waals surface area contributed by atoms with E-state index in [-0.39, 0.29) is 18.0 Å². The van der Waals surface area contributed by atoms with Crippen LogP contribution < -0.4 is 10.2 Å². The van der Waals surface area contributed by atoms with E-state index in [9.17, 15) is 18.5 Å². The van der Waals surface area contributed by atoms with Crippen LogP contribution in [0.3, 0.4) is 0 Å². The van der Waals surface area contributed by atoms with Crippen LogP contribution in [0.25, 0.3) is 0 Å². The van der Waals surface area contributed by atoms with Crippen molar-refractivity contribution in [3.05, 3.63) is 92.9 Å². The van der Waals surface area contributed by atoms with Gasteiger partial charge in [-0.25, -0.2) is 13.8 Å². The van der Waals surface area contributed by atoms with Gasteiger partial charge in [0, 0.05) is 17.1 Å². The molecular formula is C26H22BrClN4O4S. The Bertz CT molecular complexity index is 1470. The van der Waals surface area contributed by atoms with E-state index >= 15 is 0 Å². The number of hydrogen-bond acceptors (Lipinski definition) is 6. The molecule has 0 bridgehead atoms. The lowest BCUT2D eigenvalue weighted by Gasteiger charge is -2.22. The lowest BCUT2D eigenvalue weighted by molar-refractivity contribution is -0.124. The minimum atomic E-state index is -3.84. The first kappa shape index (κ1) is 26.8. The van der Waals surface area contributed by atoms with Crippen LogP contribution in [0.2, 0.25) is 5.02 Å². The fraction of sp³-hybridized carbons (Fsp3) is 0.192. The largest absolute Gasteiger partial charge is 0.488 e. The molecule has 37 heavy (non-hydrogen) atoms. The Kier molecular flexibility index (Phi) is 8.61. The third-order valence-corrected chi connectivity index (χ3v) is 8.59. The highest BCUT2D eigenvalue weighted by Gasteiger charge is 2.39. The first-order chi connectivity index (χ1) is 17.8. The minimum Gasteiger partial charge on any atom is -0.488 e. The number of nitrogens with one attached hydrogen (secondary N) is 1. The Morgan fingerprint density at radius 2 is 1.97 bits per heavy atom. The van der Waals surface area contributed by atoms with E-state index in [1.807, 2.05) is 12.1 Å². The van der Waals surface area contributed by atoms with Crippen molar-refractivity contribution in [2.75, 3.05) is 6.54 Å². The molecule has 1 fully saturated rings. The molecule has 1 atom stereocenters. The number of hydrogen-bond donors (Lipinski definition) is 1. The SMILES string of the molecule is N#Cc1ccccc1COc1ccc(/C=N\NC(=O)[C@@H]2CCCN2S(=O)(=O)c2ccc(Cl)cc2)cc1Br. The highest BCUT2D eigenvalue weighted by Crippen LogP contribution is 2.28. The maximum Gasteiger partial charge on any atom is 0.258 e. The summed E-state index contributed by atoms with van der Waals surface area (Å²) in [4.78, 5) is 12.9. The zero-order valence-corrected chi connectivity index (χ0v) is 22.6. The summed E-state index contributed by atoms with van der Waals surface area (Å²) in [5.74, 6) is 0.0874. The van der Waals surface area contributed by atoms with E-state index in [1.54, 1.807) is 30.3 Å². The van der Waals surface area contributed by atoms with Crippen LogP contribution in [0.5, 0.6) is 5.75 Å². The quantitative estimate of drug-likeness (QED) is 0.293. The summed E-state index contributed by atoms with van der Waals surface area (Å²) in [6.07, 6.45) is 2.44. The van der Waals surface area contributed by atoms with Gasteiger partial charge in [-0.2, -0.15) is 14.7 Å². The maximum atomic E-state index is 13.0. The summed E-state index contributed by atoms with van der Waals surface area (Å²) in [5, 5.41) is 13.7. The van der Waals surface area contributed by atoms with E-state index < -0.39 is 22.0 Å². The van der Waals surface area contributed by atoms with Crippen LogP contribution in [-0.2, 0) is 21.4 Å². The summed E-state index contributed by atoms with van der Waals surface area (Å²) in [5.41, 5.74) is 4.48. The third kappa shape index (κ3) is 6.37. The van der Waals surface area contributed by atoms with Gasteiger partial charge in [-0.1, -0.05) is 29.8 Å². The van der Waals surface area contributed by atoms with Crippen LogP contribution in [0.4, 0.5) is 0 Å². The van der Waals surface area contributed by atoms with Crippen molar-refractivity contribution >= 4 is 49.7 Å². The van der Waals surface area contributed by atoms with Crippen LogP contribution in [-0.4, -0.2) is 37.4 Å². The molecule has 0 spiro atoms. The number of ether oxygens (including phenoxy) is 1. The molecule has 3 aromatic carbocycles. The van der Waals surface area contributed by atoms with Crippen LogP contribution in [0.15, 0.2) is 81.2 Å². The summed E-state index contributed by atoms with van der Waals surface area (Å²) in [6.45, 7) is 0.489. The number of carbonyl (C=O) groups is 1. The van der Waals surface area contributed by atoms with Crippen molar-refractivity contribution in [2.24, 2.45) is 5.10 Å². The maximum absolute atomic E-state index is 13.0. The van der Waals surface area contributed by atoms with Crippen molar-refractivity contribution < 1.29 is 17.9 Å². The third-order valence-electron chi connectivity index (χ3n) is 5.79. The molecule has 1 aliphatic heterocycles. The predicted molar refractivity (Wildman–Crippen MR) is 144 cm³/mol. The molecule has 0 unspecified atom stereocenters. The molecule has 190 valence electrons. The van der Waals surface area contributed by atoms with Crippen LogP contribution in [0.1, 0.15) is 29.5 Å². The van der Waals surface area contributed by atoms with Gasteiger partial charge in [-0.15, -0.1) is 0 Å². The minimum absolute atomic E-state index is 0.0865. The summed E-state index contributed by atoms with van der Waals surface area (Å²) < 4.78 is 33.8. The molecular weight excluding hydrogens is 580 g/mol. The van der Waals surface area contributed by atoms with E-state index in [1.165, 1.54) is 34.8 Å². The topological polar surface area (TPSA) is 112 Å². The second-order valence-electron chi connectivity index (χ2n) is 8.21. The van der Waals surface area contributed by atoms with Crippen molar-refractivity contribution in [3.63, 3.8) is 0 Å². The Balaban J connectivity index is 1.37. The molecule has 0 aromatic heterocycles. The second-order valence-corrected chi connectivity index (χ2v) is 11.4. The van der Waals surface area contributed by atoms with Gasteiger partial charge in [0.1, 0.15) is 18.4 Å². The van der Waals surface area contributed by atoms with Gasteiger partial charge in [-0.3, -0.25) is 4.79 Å². The van der Waals surface area contributed by atoms with Gasteiger partial charge < -0.3 is 4.74 Å². The number of hydrazone groups is 1. The van der Waals surface area contributed by atoms with Crippen LogP contribution in [0, 0.1) is 11.3 Å². The first-order valence-electron chi connectivity index (χ1n) is 11.3. The van der Waals surface area contributed by atoms with Crippen molar-refractivity contribution in [1.29, 1.82) is 5.26 Å². The molecule has 1 N–H and O–H groups in total. The number of nitrogens with zero attached hydrogens (tertiary/aromatic N) is 3. The molecule has 1 aliphatic rings. The number of nitriles is 1. The number of sulfonamides is 1. The average Bonchev–Trinajstić information content (AvgIpc) is 3.40. The highest BCUT2D eigenvalue weighted by molar-refractivity contribution is 9.10. The first-order valence-corrected chi connectivity index (χ1v) is 13.9. The Hall–Kier alpha value is -3.23. The smallest absolute Gasteiger partial charge is 0.258 e. The zero-order valence-electron chi connectivity index (χ0n) is 19.5. The molecule has 0 aliphatic carbocycles. The zero-order chi connectivity index (χ0) is 26.4. The lowest BCUT2D eigenvalue weighted by atomic mass is 10.1. The summed E-state index contributed by atoms with van der Waals surface area (Å²) >= 11 is 9.34.